The Labute approximate surface area is 133 Å². The van der Waals surface area contributed by atoms with Crippen LogP contribution in [0.2, 0.25) is 0 Å². The molecule has 2 atom stereocenters. The normalized spacial score (nSPS) is 24.7. The van der Waals surface area contributed by atoms with Gasteiger partial charge in [0.15, 0.2) is 0 Å². The summed E-state index contributed by atoms with van der Waals surface area (Å²) in [6, 6.07) is 4.51. The SMILES string of the molecule is CCOC(=O)[C@@H]1C[C@@H]1c1ccc(N2C=C(O)NS2(=O)=O)c(O)c1. The fourth-order valence-corrected chi connectivity index (χ4v) is 3.69. The summed E-state index contributed by atoms with van der Waals surface area (Å²) in [5, 5.41) is 19.4. The third kappa shape index (κ3) is 2.79. The maximum atomic E-state index is 11.8. The molecule has 8 nitrogen and oxygen atoms in total. The molecule has 3 rings (SSSR count). The lowest BCUT2D eigenvalue weighted by Gasteiger charge is -2.16. The topological polar surface area (TPSA) is 116 Å². The van der Waals surface area contributed by atoms with Gasteiger partial charge in [0.2, 0.25) is 5.88 Å². The fraction of sp³-hybridized carbons (Fsp3) is 0.357. The zero-order valence-electron chi connectivity index (χ0n) is 12.3. The van der Waals surface area contributed by atoms with Gasteiger partial charge in [-0.25, -0.2) is 9.03 Å². The Hall–Kier alpha value is -2.42. The predicted octanol–water partition coefficient (Wildman–Crippen LogP) is 1.07. The van der Waals surface area contributed by atoms with Crippen LogP contribution in [0, 0.1) is 5.92 Å². The number of aliphatic hydroxyl groups excluding tert-OH is 1. The van der Waals surface area contributed by atoms with Crippen LogP contribution in [0.5, 0.6) is 5.75 Å². The van der Waals surface area contributed by atoms with E-state index in [1.54, 1.807) is 13.0 Å². The van der Waals surface area contributed by atoms with E-state index in [0.29, 0.717) is 13.0 Å². The number of aliphatic hydroxyl groups is 1. The monoisotopic (exact) mass is 340 g/mol. The maximum absolute atomic E-state index is 11.8. The standard InChI is InChI=1S/C14H16N2O6S/c1-2-22-14(19)10-6-9(10)8-3-4-11(12(17)5-8)16-7-13(18)15-23(16,20)21/h3-5,7,9-10,15,17-18H,2,6H2,1H3/t9-,10-/m1/s1. The first-order chi connectivity index (χ1) is 10.8. The van der Waals surface area contributed by atoms with Gasteiger partial charge >= 0.3 is 16.2 Å². The van der Waals surface area contributed by atoms with E-state index in [1.807, 2.05) is 4.72 Å². The number of carbonyl (C=O) groups is 1. The van der Waals surface area contributed by atoms with Gasteiger partial charge in [-0.05, 0) is 37.0 Å². The number of carbonyl (C=O) groups excluding carboxylic acids is 1. The molecule has 0 amide bonds. The summed E-state index contributed by atoms with van der Waals surface area (Å²) in [7, 11) is -3.95. The van der Waals surface area contributed by atoms with Crippen molar-refractivity contribution >= 4 is 21.9 Å². The van der Waals surface area contributed by atoms with Crippen molar-refractivity contribution in [2.75, 3.05) is 10.9 Å². The van der Waals surface area contributed by atoms with Gasteiger partial charge in [0.1, 0.15) is 11.4 Å². The molecule has 0 radical (unpaired) electrons. The van der Waals surface area contributed by atoms with E-state index in [1.165, 1.54) is 12.1 Å². The Bertz CT molecular complexity index is 788. The molecular weight excluding hydrogens is 324 g/mol. The van der Waals surface area contributed by atoms with Crippen LogP contribution in [0.4, 0.5) is 5.69 Å². The summed E-state index contributed by atoms with van der Waals surface area (Å²) in [5.41, 5.74) is 0.751. The first kappa shape index (κ1) is 15.5. The summed E-state index contributed by atoms with van der Waals surface area (Å²) in [5.74, 6) is -1.31. The minimum Gasteiger partial charge on any atom is -0.506 e. The summed E-state index contributed by atoms with van der Waals surface area (Å²) >= 11 is 0. The molecule has 23 heavy (non-hydrogen) atoms. The van der Waals surface area contributed by atoms with Crippen LogP contribution in [0.15, 0.2) is 30.3 Å². The van der Waals surface area contributed by atoms with E-state index in [9.17, 15) is 23.4 Å². The van der Waals surface area contributed by atoms with Crippen LogP contribution in [-0.2, 0) is 19.7 Å². The van der Waals surface area contributed by atoms with Gasteiger partial charge in [-0.15, -0.1) is 0 Å². The number of phenolic OH excluding ortho intramolecular Hbond substituents is 1. The van der Waals surface area contributed by atoms with Crippen LogP contribution >= 0.6 is 0 Å². The average molecular weight is 340 g/mol. The number of hydrogen-bond donors (Lipinski definition) is 3. The molecule has 9 heteroatoms. The quantitative estimate of drug-likeness (QED) is 0.706. The van der Waals surface area contributed by atoms with Gasteiger partial charge in [-0.3, -0.25) is 4.79 Å². The van der Waals surface area contributed by atoms with Crippen molar-refractivity contribution in [3.05, 3.63) is 35.8 Å². The lowest BCUT2D eigenvalue weighted by molar-refractivity contribution is -0.144. The molecule has 1 aliphatic heterocycles. The summed E-state index contributed by atoms with van der Waals surface area (Å²) in [6.45, 7) is 2.06. The molecule has 2 aliphatic rings. The predicted molar refractivity (Wildman–Crippen MR) is 80.8 cm³/mol. The number of nitrogens with zero attached hydrogens (tertiary/aromatic N) is 1. The van der Waals surface area contributed by atoms with Gasteiger partial charge in [-0.1, -0.05) is 6.07 Å². The largest absolute Gasteiger partial charge is 0.506 e. The van der Waals surface area contributed by atoms with E-state index in [0.717, 1.165) is 16.1 Å². The van der Waals surface area contributed by atoms with E-state index in [-0.39, 0.29) is 29.2 Å². The minimum atomic E-state index is -3.95. The average Bonchev–Trinajstić information content (AvgIpc) is 3.20. The molecule has 1 aromatic carbocycles. The molecule has 1 saturated carbocycles. The molecule has 0 bridgehead atoms. The lowest BCUT2D eigenvalue weighted by atomic mass is 10.1. The van der Waals surface area contributed by atoms with Crippen LogP contribution < -0.4 is 9.03 Å². The molecular formula is C14H16N2O6S. The summed E-state index contributed by atoms with van der Waals surface area (Å²) in [4.78, 5) is 11.7. The second-order valence-electron chi connectivity index (χ2n) is 5.37. The van der Waals surface area contributed by atoms with E-state index < -0.39 is 16.1 Å². The summed E-state index contributed by atoms with van der Waals surface area (Å²) in [6.07, 6.45) is 1.60. The second kappa shape index (κ2) is 5.34. The molecule has 1 fully saturated rings. The van der Waals surface area contributed by atoms with Crippen molar-refractivity contribution in [3.63, 3.8) is 0 Å². The molecule has 0 spiro atoms. The van der Waals surface area contributed by atoms with Gasteiger partial charge in [0.25, 0.3) is 0 Å². The number of benzene rings is 1. The van der Waals surface area contributed by atoms with Gasteiger partial charge in [0, 0.05) is 0 Å². The molecule has 124 valence electrons. The summed E-state index contributed by atoms with van der Waals surface area (Å²) < 4.78 is 31.2. The van der Waals surface area contributed by atoms with Crippen LogP contribution in [-0.4, -0.2) is 31.2 Å². The molecule has 0 aromatic heterocycles. The number of hydrogen-bond acceptors (Lipinski definition) is 6. The van der Waals surface area contributed by atoms with Crippen molar-refractivity contribution in [1.29, 1.82) is 0 Å². The first-order valence-electron chi connectivity index (χ1n) is 7.06. The Morgan fingerprint density at radius 1 is 1.43 bits per heavy atom. The highest BCUT2D eigenvalue weighted by Crippen LogP contribution is 2.49. The van der Waals surface area contributed by atoms with Crippen molar-refractivity contribution < 1.29 is 28.2 Å². The zero-order valence-corrected chi connectivity index (χ0v) is 13.1. The maximum Gasteiger partial charge on any atom is 0.330 e. The number of phenols is 1. The van der Waals surface area contributed by atoms with E-state index in [2.05, 4.69) is 0 Å². The Kier molecular flexibility index (Phi) is 3.59. The van der Waals surface area contributed by atoms with E-state index >= 15 is 0 Å². The smallest absolute Gasteiger partial charge is 0.330 e. The lowest BCUT2D eigenvalue weighted by Crippen LogP contribution is -2.29. The number of ether oxygens (including phenoxy) is 1. The highest BCUT2D eigenvalue weighted by atomic mass is 32.2. The number of anilines is 1. The second-order valence-corrected chi connectivity index (χ2v) is 6.91. The molecule has 1 heterocycles. The Morgan fingerprint density at radius 3 is 2.74 bits per heavy atom. The van der Waals surface area contributed by atoms with Crippen molar-refractivity contribution in [2.45, 2.75) is 19.3 Å². The number of aromatic hydroxyl groups is 1. The van der Waals surface area contributed by atoms with Crippen molar-refractivity contribution in [1.82, 2.24) is 4.72 Å². The fourth-order valence-electron chi connectivity index (χ4n) is 2.62. The highest BCUT2D eigenvalue weighted by Gasteiger charge is 2.45. The number of esters is 1. The van der Waals surface area contributed by atoms with Crippen molar-refractivity contribution in [2.24, 2.45) is 5.92 Å². The zero-order chi connectivity index (χ0) is 16.8. The first-order valence-corrected chi connectivity index (χ1v) is 8.50. The van der Waals surface area contributed by atoms with Gasteiger partial charge < -0.3 is 14.9 Å². The minimum absolute atomic E-state index is 0.0126. The Morgan fingerprint density at radius 2 is 2.17 bits per heavy atom. The van der Waals surface area contributed by atoms with Gasteiger partial charge in [0.05, 0.1) is 18.7 Å². The molecule has 0 unspecified atom stereocenters. The van der Waals surface area contributed by atoms with E-state index in [4.69, 9.17) is 4.74 Å². The molecule has 1 aliphatic carbocycles. The van der Waals surface area contributed by atoms with Crippen LogP contribution in [0.1, 0.15) is 24.8 Å². The number of nitrogens with one attached hydrogen (secondary N) is 1. The molecule has 1 aromatic rings. The van der Waals surface area contributed by atoms with Crippen LogP contribution in [0.25, 0.3) is 0 Å². The van der Waals surface area contributed by atoms with Crippen LogP contribution in [0.3, 0.4) is 0 Å². The van der Waals surface area contributed by atoms with Crippen molar-refractivity contribution in [3.8, 4) is 5.75 Å². The highest BCUT2D eigenvalue weighted by molar-refractivity contribution is 7.91. The Balaban J connectivity index is 1.82. The third-order valence-electron chi connectivity index (χ3n) is 3.78. The molecule has 3 N–H and O–H groups in total. The van der Waals surface area contributed by atoms with Gasteiger partial charge in [-0.2, -0.15) is 8.42 Å². The third-order valence-corrected chi connectivity index (χ3v) is 5.06. The molecule has 0 saturated heterocycles. The number of rotatable bonds is 4.